The summed E-state index contributed by atoms with van der Waals surface area (Å²) >= 11 is 0. The molecule has 0 aromatic heterocycles. The number of hydrogen-bond donors (Lipinski definition) is 0. The summed E-state index contributed by atoms with van der Waals surface area (Å²) in [5.41, 5.74) is 0. The van der Waals surface area contributed by atoms with Gasteiger partial charge in [-0.05, 0) is 13.3 Å². The van der Waals surface area contributed by atoms with E-state index in [-0.39, 0.29) is 0 Å². The Morgan fingerprint density at radius 2 is 2.14 bits per heavy atom. The number of unbranched alkanes of at least 4 members (excludes halogenated alkanes) is 2. The van der Waals surface area contributed by atoms with Crippen molar-refractivity contribution in [1.82, 2.24) is 0 Å². The molecule has 0 saturated carbocycles. The molecule has 0 radical (unpaired) electrons. The van der Waals surface area contributed by atoms with Gasteiger partial charge in [-0.2, -0.15) is 0 Å². The minimum Gasteiger partial charge on any atom is -0.107 e. The minimum absolute atomic E-state index is 1.08. The third-order valence-corrected chi connectivity index (χ3v) is 0.832. The van der Waals surface area contributed by atoms with Gasteiger partial charge in [-0.3, -0.25) is 0 Å². The summed E-state index contributed by atoms with van der Waals surface area (Å²) in [5, 5.41) is 0. The van der Waals surface area contributed by atoms with E-state index in [1.54, 1.807) is 0 Å². The molecular weight excluding hydrogens is 85.1 g/mol. The smallest absolute Gasteiger partial charge is 0.00884 e. The summed E-state index contributed by atoms with van der Waals surface area (Å²) in [7, 11) is 0. The summed E-state index contributed by atoms with van der Waals surface area (Å²) in [6.45, 7) is 4.06. The summed E-state index contributed by atoms with van der Waals surface area (Å²) in [5.74, 6) is 5.85. The average Bonchev–Trinajstić information content (AvgIpc) is 1.69. The average molecular weight is 97.2 g/mol. The van der Waals surface area contributed by atoms with Gasteiger partial charge in [0.2, 0.25) is 0 Å². The third kappa shape index (κ3) is 5.56. The van der Waals surface area contributed by atoms with Crippen molar-refractivity contribution in [3.8, 4) is 11.8 Å². The largest absolute Gasteiger partial charge is 0.107 e. The van der Waals surface area contributed by atoms with Crippen molar-refractivity contribution in [2.75, 3.05) is 0 Å². The lowest BCUT2D eigenvalue weighted by molar-refractivity contribution is 0.828. The Morgan fingerprint density at radius 1 is 1.43 bits per heavy atom. The molecule has 0 heterocycles. The van der Waals surface area contributed by atoms with E-state index in [9.17, 15) is 0 Å². The van der Waals surface area contributed by atoms with E-state index in [2.05, 4.69) is 18.8 Å². The maximum atomic E-state index is 3.00. The van der Waals surface area contributed by atoms with Gasteiger partial charge in [-0.25, -0.2) is 0 Å². The molecule has 0 aromatic rings. The van der Waals surface area contributed by atoms with Crippen molar-refractivity contribution in [3.05, 3.63) is 0 Å². The number of rotatable bonds is 2. The highest BCUT2D eigenvalue weighted by Gasteiger charge is 1.72. The fraction of sp³-hybridized carbons (Fsp3) is 0.714. The molecule has 0 aliphatic heterocycles. The van der Waals surface area contributed by atoms with Crippen LogP contribution in [-0.4, -0.2) is 0 Å². The lowest BCUT2D eigenvalue weighted by Crippen LogP contribution is -1.64. The molecule has 0 rings (SSSR count). The standard InChI is InChI=1S/C7H12/c1-3-5-7-6-4-2/h3,5,7H2,1-2H3/i2+1. The van der Waals surface area contributed by atoms with E-state index >= 15 is 0 Å². The lowest BCUT2D eigenvalue weighted by Gasteiger charge is -1.80. The first-order valence-corrected chi connectivity index (χ1v) is 2.81. The number of hydrogen-bond acceptors (Lipinski definition) is 0. The van der Waals surface area contributed by atoms with Gasteiger partial charge in [0.25, 0.3) is 0 Å². The Morgan fingerprint density at radius 3 is 2.57 bits per heavy atom. The Hall–Kier alpha value is -0.440. The molecule has 0 N–H and O–H groups in total. The molecule has 0 aliphatic carbocycles. The second-order valence-corrected chi connectivity index (χ2v) is 1.53. The van der Waals surface area contributed by atoms with Crippen molar-refractivity contribution in [2.24, 2.45) is 0 Å². The van der Waals surface area contributed by atoms with Gasteiger partial charge < -0.3 is 0 Å². The summed E-state index contributed by atoms with van der Waals surface area (Å²) < 4.78 is 0. The second kappa shape index (κ2) is 5.56. The monoisotopic (exact) mass is 97.1 g/mol. The van der Waals surface area contributed by atoms with Crippen LogP contribution in [-0.2, 0) is 0 Å². The summed E-state index contributed by atoms with van der Waals surface area (Å²) in [6, 6.07) is 0. The van der Waals surface area contributed by atoms with E-state index in [1.807, 2.05) is 6.92 Å². The van der Waals surface area contributed by atoms with Crippen LogP contribution in [0.5, 0.6) is 0 Å². The highest BCUT2D eigenvalue weighted by atomic mass is 13.8. The van der Waals surface area contributed by atoms with E-state index in [0.29, 0.717) is 0 Å². The van der Waals surface area contributed by atoms with Crippen LogP contribution in [0.1, 0.15) is 33.1 Å². The Bertz CT molecular complexity index is 71.8. The van der Waals surface area contributed by atoms with Crippen LogP contribution in [0.4, 0.5) is 0 Å². The lowest BCUT2D eigenvalue weighted by atomic mass is 10.3. The van der Waals surface area contributed by atoms with E-state index in [4.69, 9.17) is 0 Å². The molecule has 0 aliphatic rings. The first-order valence-electron chi connectivity index (χ1n) is 2.81. The van der Waals surface area contributed by atoms with Crippen LogP contribution in [0.25, 0.3) is 0 Å². The predicted octanol–water partition coefficient (Wildman–Crippen LogP) is 2.20. The Balaban J connectivity index is 2.78. The topological polar surface area (TPSA) is 0 Å². The van der Waals surface area contributed by atoms with Crippen molar-refractivity contribution < 1.29 is 0 Å². The Labute approximate surface area is 45.9 Å². The molecule has 40 valence electrons. The van der Waals surface area contributed by atoms with E-state index < -0.39 is 0 Å². The molecule has 7 heavy (non-hydrogen) atoms. The third-order valence-electron chi connectivity index (χ3n) is 0.832. The fourth-order valence-electron chi connectivity index (χ4n) is 0.390. The molecule has 0 amide bonds. The molecule has 0 nitrogen and oxygen atoms in total. The van der Waals surface area contributed by atoms with Crippen molar-refractivity contribution in [2.45, 2.75) is 33.1 Å². The van der Waals surface area contributed by atoms with Crippen LogP contribution < -0.4 is 0 Å². The molecule has 0 saturated heterocycles. The van der Waals surface area contributed by atoms with Gasteiger partial charge in [-0.1, -0.05) is 13.3 Å². The minimum atomic E-state index is 1.08. The van der Waals surface area contributed by atoms with Gasteiger partial charge in [0, 0.05) is 6.42 Å². The van der Waals surface area contributed by atoms with Crippen LogP contribution in [0.2, 0.25) is 0 Å². The zero-order valence-electron chi connectivity index (χ0n) is 5.12. The molecule has 0 heteroatoms. The quantitative estimate of drug-likeness (QED) is 0.281. The van der Waals surface area contributed by atoms with Crippen LogP contribution >= 0.6 is 0 Å². The zero-order valence-corrected chi connectivity index (χ0v) is 5.12. The van der Waals surface area contributed by atoms with Crippen molar-refractivity contribution >= 4 is 0 Å². The highest BCUT2D eigenvalue weighted by Crippen LogP contribution is 1.89. The van der Waals surface area contributed by atoms with Gasteiger partial charge in [0.15, 0.2) is 0 Å². The first kappa shape index (κ1) is 6.56. The summed E-state index contributed by atoms with van der Waals surface area (Å²) in [4.78, 5) is 0. The van der Waals surface area contributed by atoms with Gasteiger partial charge in [-0.15, -0.1) is 11.8 Å². The molecule has 0 fully saturated rings. The molecule has 0 unspecified atom stereocenters. The molecule has 0 spiro atoms. The fourth-order valence-corrected chi connectivity index (χ4v) is 0.390. The Kier molecular flexibility index (Phi) is 5.21. The van der Waals surface area contributed by atoms with Gasteiger partial charge in [0.05, 0.1) is 0 Å². The predicted molar refractivity (Wildman–Crippen MR) is 33.0 cm³/mol. The van der Waals surface area contributed by atoms with Crippen molar-refractivity contribution in [3.63, 3.8) is 0 Å². The van der Waals surface area contributed by atoms with E-state index in [1.165, 1.54) is 12.8 Å². The zero-order chi connectivity index (χ0) is 5.54. The highest BCUT2D eigenvalue weighted by molar-refractivity contribution is 4.94. The van der Waals surface area contributed by atoms with Crippen LogP contribution in [0.3, 0.4) is 0 Å². The molecular formula is C7H12. The molecule has 0 bridgehead atoms. The van der Waals surface area contributed by atoms with Gasteiger partial charge in [0.1, 0.15) is 0 Å². The summed E-state index contributed by atoms with van der Waals surface area (Å²) in [6.07, 6.45) is 3.59. The van der Waals surface area contributed by atoms with Crippen LogP contribution in [0.15, 0.2) is 0 Å². The molecule has 0 atom stereocenters. The maximum absolute atomic E-state index is 3.00. The van der Waals surface area contributed by atoms with E-state index in [0.717, 1.165) is 6.42 Å². The van der Waals surface area contributed by atoms with Crippen molar-refractivity contribution in [1.29, 1.82) is 0 Å². The first-order chi connectivity index (χ1) is 3.41. The van der Waals surface area contributed by atoms with Crippen LogP contribution in [0, 0.1) is 11.8 Å². The molecule has 0 aromatic carbocycles. The van der Waals surface area contributed by atoms with Gasteiger partial charge >= 0.3 is 0 Å². The normalized spacial score (nSPS) is 7.14. The SMILES string of the molecule is CCCCC#C[13CH3]. The maximum Gasteiger partial charge on any atom is 0.00884 e. The second-order valence-electron chi connectivity index (χ2n) is 1.53.